The average molecular weight is 323 g/mol. The lowest BCUT2D eigenvalue weighted by Crippen LogP contribution is -2.32. The van der Waals surface area contributed by atoms with Crippen LogP contribution in [0.25, 0.3) is 10.9 Å². The topological polar surface area (TPSA) is 77.7 Å². The molecule has 1 fully saturated rings. The molecule has 0 radical (unpaired) electrons. The zero-order valence-electron chi connectivity index (χ0n) is 13.5. The summed E-state index contributed by atoms with van der Waals surface area (Å²) < 4.78 is 0. The molecule has 0 bridgehead atoms. The maximum absolute atomic E-state index is 12.4. The van der Waals surface area contributed by atoms with Crippen molar-refractivity contribution in [1.29, 1.82) is 0 Å². The van der Waals surface area contributed by atoms with E-state index in [2.05, 4.69) is 38.6 Å². The molecule has 3 heterocycles. The van der Waals surface area contributed by atoms with Crippen molar-refractivity contribution in [2.45, 2.75) is 25.7 Å². The van der Waals surface area contributed by atoms with Gasteiger partial charge in [0.1, 0.15) is 5.69 Å². The Morgan fingerprint density at radius 1 is 1.17 bits per heavy atom. The molecule has 3 aromatic rings. The van der Waals surface area contributed by atoms with Crippen LogP contribution in [0.1, 0.15) is 35.3 Å². The predicted octanol–water partition coefficient (Wildman–Crippen LogP) is 2.77. The molecule has 1 saturated heterocycles. The Morgan fingerprint density at radius 2 is 2.12 bits per heavy atom. The number of carbonyl (C=O) groups is 1. The van der Waals surface area contributed by atoms with E-state index in [1.165, 1.54) is 5.56 Å². The van der Waals surface area contributed by atoms with Crippen molar-refractivity contribution in [3.63, 3.8) is 0 Å². The van der Waals surface area contributed by atoms with Crippen molar-refractivity contribution in [2.75, 3.05) is 13.1 Å². The van der Waals surface area contributed by atoms with Gasteiger partial charge in [-0.05, 0) is 55.4 Å². The van der Waals surface area contributed by atoms with Crippen LogP contribution in [0, 0.1) is 5.92 Å². The molecule has 1 aromatic carbocycles. The van der Waals surface area contributed by atoms with E-state index in [1.54, 1.807) is 12.3 Å². The van der Waals surface area contributed by atoms with Crippen LogP contribution < -0.4 is 0 Å². The first-order chi connectivity index (χ1) is 11.8. The number of nitrogens with one attached hydrogen (secondary N) is 2. The quantitative estimate of drug-likeness (QED) is 0.778. The van der Waals surface area contributed by atoms with Gasteiger partial charge in [0.2, 0.25) is 0 Å². The van der Waals surface area contributed by atoms with E-state index in [-0.39, 0.29) is 5.91 Å². The van der Waals surface area contributed by atoms with Gasteiger partial charge in [-0.1, -0.05) is 6.07 Å². The van der Waals surface area contributed by atoms with Gasteiger partial charge in [0, 0.05) is 24.7 Å². The van der Waals surface area contributed by atoms with Crippen LogP contribution >= 0.6 is 0 Å². The molecule has 1 amide bonds. The Hall–Kier alpha value is -2.63. The molecule has 1 aliphatic heterocycles. The van der Waals surface area contributed by atoms with Crippen molar-refractivity contribution >= 4 is 16.8 Å². The van der Waals surface area contributed by atoms with E-state index in [0.29, 0.717) is 11.6 Å². The van der Waals surface area contributed by atoms with Crippen LogP contribution in [0.5, 0.6) is 0 Å². The Kier molecular flexibility index (Phi) is 4.02. The van der Waals surface area contributed by atoms with Gasteiger partial charge >= 0.3 is 0 Å². The number of aromatic nitrogens is 4. The molecule has 6 heteroatoms. The molecular weight excluding hydrogens is 302 g/mol. The Balaban J connectivity index is 1.40. The number of likely N-dealkylation sites (tertiary alicyclic amines) is 1. The molecule has 0 aliphatic carbocycles. The third-order valence-electron chi connectivity index (χ3n) is 4.90. The number of carbonyl (C=O) groups excluding carboxylic acids is 1. The van der Waals surface area contributed by atoms with Crippen LogP contribution in [0.2, 0.25) is 0 Å². The van der Waals surface area contributed by atoms with Gasteiger partial charge in [-0.25, -0.2) is 0 Å². The normalized spacial score (nSPS) is 18.7. The molecule has 6 nitrogen and oxygen atoms in total. The third kappa shape index (κ3) is 3.04. The minimum absolute atomic E-state index is 0.0629. The minimum atomic E-state index is 0.0629. The predicted molar refractivity (Wildman–Crippen MR) is 91.6 cm³/mol. The summed E-state index contributed by atoms with van der Waals surface area (Å²) in [6, 6.07) is 8.24. The number of hydrogen-bond acceptors (Lipinski definition) is 3. The Morgan fingerprint density at radius 3 is 3.00 bits per heavy atom. The monoisotopic (exact) mass is 323 g/mol. The van der Waals surface area contributed by atoms with Gasteiger partial charge in [-0.2, -0.15) is 10.2 Å². The van der Waals surface area contributed by atoms with Crippen molar-refractivity contribution < 1.29 is 4.79 Å². The molecular formula is C18H21N5O. The summed E-state index contributed by atoms with van der Waals surface area (Å²) in [5.41, 5.74) is 3.01. The maximum atomic E-state index is 12.4. The molecule has 24 heavy (non-hydrogen) atoms. The van der Waals surface area contributed by atoms with Gasteiger partial charge in [0.05, 0.1) is 11.7 Å². The summed E-state index contributed by atoms with van der Waals surface area (Å²) >= 11 is 0. The van der Waals surface area contributed by atoms with E-state index in [9.17, 15) is 4.79 Å². The summed E-state index contributed by atoms with van der Waals surface area (Å²) in [6.07, 6.45) is 7.82. The molecule has 0 spiro atoms. The van der Waals surface area contributed by atoms with Crippen molar-refractivity contribution in [3.8, 4) is 0 Å². The fourth-order valence-electron chi connectivity index (χ4n) is 3.57. The van der Waals surface area contributed by atoms with Crippen LogP contribution in [0.3, 0.4) is 0 Å². The van der Waals surface area contributed by atoms with Crippen molar-refractivity contribution in [2.24, 2.45) is 5.92 Å². The van der Waals surface area contributed by atoms with E-state index >= 15 is 0 Å². The number of rotatable bonds is 3. The fraction of sp³-hybridized carbons (Fsp3) is 0.389. The number of benzene rings is 1. The van der Waals surface area contributed by atoms with E-state index in [1.807, 2.05) is 11.1 Å². The zero-order valence-corrected chi connectivity index (χ0v) is 13.5. The first-order valence-electron chi connectivity index (χ1n) is 8.50. The second kappa shape index (κ2) is 6.47. The highest BCUT2D eigenvalue weighted by Crippen LogP contribution is 2.24. The molecule has 0 saturated carbocycles. The van der Waals surface area contributed by atoms with Gasteiger partial charge in [0.25, 0.3) is 5.91 Å². The maximum Gasteiger partial charge on any atom is 0.271 e. The summed E-state index contributed by atoms with van der Waals surface area (Å²) in [5.74, 6) is 0.682. The molecule has 124 valence electrons. The summed E-state index contributed by atoms with van der Waals surface area (Å²) in [7, 11) is 0. The average Bonchev–Trinajstić information content (AvgIpc) is 3.23. The highest BCUT2D eigenvalue weighted by molar-refractivity contribution is 5.92. The van der Waals surface area contributed by atoms with Crippen LogP contribution in [0.15, 0.2) is 36.7 Å². The lowest BCUT2D eigenvalue weighted by Gasteiger charge is -2.19. The van der Waals surface area contributed by atoms with Crippen LogP contribution in [0.4, 0.5) is 0 Å². The zero-order chi connectivity index (χ0) is 16.4. The van der Waals surface area contributed by atoms with Crippen LogP contribution in [-0.2, 0) is 6.42 Å². The standard InChI is InChI=1S/C18H21N5O/c24-18(17-5-7-19-22-17)23-8-1-2-13(6-9-23)10-14-3-4-16-15(11-14)12-20-21-16/h3-5,7,11-13H,1-2,6,8-10H2,(H,19,22)(H,20,21)/t13-/m1/s1. The van der Waals surface area contributed by atoms with Crippen molar-refractivity contribution in [3.05, 3.63) is 47.9 Å². The lowest BCUT2D eigenvalue weighted by molar-refractivity contribution is 0.0754. The second-order valence-electron chi connectivity index (χ2n) is 6.56. The molecule has 4 rings (SSSR count). The number of aromatic amines is 2. The number of hydrogen-bond donors (Lipinski definition) is 2. The summed E-state index contributed by atoms with van der Waals surface area (Å²) in [5, 5.41) is 14.9. The SMILES string of the molecule is O=C(c1ccn[nH]1)N1CCC[C@@H](Cc2ccc3[nH]ncc3c2)CC1. The molecule has 2 N–H and O–H groups in total. The molecule has 1 atom stereocenters. The summed E-state index contributed by atoms with van der Waals surface area (Å²) in [6.45, 7) is 1.64. The Labute approximate surface area is 140 Å². The highest BCUT2D eigenvalue weighted by atomic mass is 16.2. The van der Waals surface area contributed by atoms with Gasteiger partial charge in [-0.15, -0.1) is 0 Å². The number of fused-ring (bicyclic) bond motifs is 1. The minimum Gasteiger partial charge on any atom is -0.337 e. The first-order valence-corrected chi connectivity index (χ1v) is 8.50. The lowest BCUT2D eigenvalue weighted by atomic mass is 9.92. The molecule has 0 unspecified atom stereocenters. The number of amides is 1. The third-order valence-corrected chi connectivity index (χ3v) is 4.90. The van der Waals surface area contributed by atoms with Crippen LogP contribution in [-0.4, -0.2) is 44.3 Å². The second-order valence-corrected chi connectivity index (χ2v) is 6.56. The summed E-state index contributed by atoms with van der Waals surface area (Å²) in [4.78, 5) is 14.4. The van der Waals surface area contributed by atoms with E-state index in [0.717, 1.165) is 49.7 Å². The smallest absolute Gasteiger partial charge is 0.271 e. The molecule has 2 aromatic heterocycles. The van der Waals surface area contributed by atoms with Gasteiger partial charge < -0.3 is 4.90 Å². The van der Waals surface area contributed by atoms with Gasteiger partial charge in [0.15, 0.2) is 0 Å². The Bertz CT molecular complexity index is 823. The molecule has 1 aliphatic rings. The number of H-pyrrole nitrogens is 2. The van der Waals surface area contributed by atoms with Crippen molar-refractivity contribution in [1.82, 2.24) is 25.3 Å². The van der Waals surface area contributed by atoms with E-state index in [4.69, 9.17) is 0 Å². The van der Waals surface area contributed by atoms with Gasteiger partial charge in [-0.3, -0.25) is 15.0 Å². The largest absolute Gasteiger partial charge is 0.337 e. The number of nitrogens with zero attached hydrogens (tertiary/aromatic N) is 3. The fourth-order valence-corrected chi connectivity index (χ4v) is 3.57. The highest BCUT2D eigenvalue weighted by Gasteiger charge is 2.22. The first kappa shape index (κ1) is 14.9. The van der Waals surface area contributed by atoms with E-state index < -0.39 is 0 Å².